The van der Waals surface area contributed by atoms with Gasteiger partial charge in [-0.3, -0.25) is 14.4 Å². The summed E-state index contributed by atoms with van der Waals surface area (Å²) < 4.78 is 10.0. The van der Waals surface area contributed by atoms with Crippen LogP contribution in [0.25, 0.3) is 0 Å². The van der Waals surface area contributed by atoms with E-state index < -0.39 is 11.9 Å². The second-order valence-corrected chi connectivity index (χ2v) is 4.97. The van der Waals surface area contributed by atoms with Gasteiger partial charge in [0.05, 0.1) is 12.9 Å². The molecule has 0 aliphatic rings. The molecule has 1 aromatic carbocycles. The Morgan fingerprint density at radius 1 is 1.09 bits per heavy atom. The summed E-state index contributed by atoms with van der Waals surface area (Å²) in [4.78, 5) is 36.6. The van der Waals surface area contributed by atoms with E-state index in [2.05, 4.69) is 0 Å². The zero-order valence-corrected chi connectivity index (χ0v) is 12.9. The van der Waals surface area contributed by atoms with Gasteiger partial charge in [-0.15, -0.1) is 0 Å². The van der Waals surface area contributed by atoms with Gasteiger partial charge in [0.15, 0.2) is 17.3 Å². The number of hydrogen-bond donors (Lipinski definition) is 0. The van der Waals surface area contributed by atoms with Gasteiger partial charge in [-0.2, -0.15) is 0 Å². The normalized spacial score (nSPS) is 11.7. The zero-order valence-electron chi connectivity index (χ0n) is 12.9. The Morgan fingerprint density at radius 3 is 2.43 bits per heavy atom. The SMILES string of the molecule is CCOC(=O)C(CCC(=O)c1ccco1)C(=O)c1ccccc1. The number of furan rings is 1. The second kappa shape index (κ2) is 8.08. The van der Waals surface area contributed by atoms with E-state index in [1.165, 1.54) is 6.26 Å². The minimum Gasteiger partial charge on any atom is -0.465 e. The number of carbonyl (C=O) groups excluding carboxylic acids is 3. The minimum absolute atomic E-state index is 0.0373. The lowest BCUT2D eigenvalue weighted by Gasteiger charge is -2.14. The van der Waals surface area contributed by atoms with Gasteiger partial charge in [-0.05, 0) is 25.5 Å². The van der Waals surface area contributed by atoms with E-state index >= 15 is 0 Å². The van der Waals surface area contributed by atoms with Gasteiger partial charge in [-0.25, -0.2) is 0 Å². The van der Waals surface area contributed by atoms with Crippen LogP contribution in [0.2, 0.25) is 0 Å². The van der Waals surface area contributed by atoms with Crippen LogP contribution in [0.4, 0.5) is 0 Å². The number of hydrogen-bond acceptors (Lipinski definition) is 5. The molecule has 0 amide bonds. The molecule has 5 heteroatoms. The van der Waals surface area contributed by atoms with Gasteiger partial charge >= 0.3 is 5.97 Å². The van der Waals surface area contributed by atoms with Gasteiger partial charge < -0.3 is 9.15 Å². The second-order valence-electron chi connectivity index (χ2n) is 4.97. The molecule has 0 saturated carbocycles. The lowest BCUT2D eigenvalue weighted by atomic mass is 9.92. The molecule has 0 fully saturated rings. The van der Waals surface area contributed by atoms with Crippen LogP contribution in [0, 0.1) is 5.92 Å². The molecule has 0 saturated heterocycles. The van der Waals surface area contributed by atoms with Crippen LogP contribution >= 0.6 is 0 Å². The lowest BCUT2D eigenvalue weighted by Crippen LogP contribution is -2.27. The Labute approximate surface area is 134 Å². The molecule has 2 aromatic rings. The Balaban J connectivity index is 2.10. The average Bonchev–Trinajstić information content (AvgIpc) is 3.10. The zero-order chi connectivity index (χ0) is 16.7. The fourth-order valence-electron chi connectivity index (χ4n) is 2.24. The number of Topliss-reactive ketones (excluding diaryl/α,β-unsaturated/α-hetero) is 2. The van der Waals surface area contributed by atoms with Crippen LogP contribution in [-0.2, 0) is 9.53 Å². The van der Waals surface area contributed by atoms with E-state index in [0.717, 1.165) is 0 Å². The van der Waals surface area contributed by atoms with E-state index in [-0.39, 0.29) is 36.8 Å². The molecule has 0 aliphatic carbocycles. The standard InChI is InChI=1S/C18H18O5/c1-2-22-18(21)14(17(20)13-7-4-3-5-8-13)10-11-15(19)16-9-6-12-23-16/h3-9,12,14H,2,10-11H2,1H3. The van der Waals surface area contributed by atoms with Crippen LogP contribution in [0.3, 0.4) is 0 Å². The van der Waals surface area contributed by atoms with Gasteiger partial charge in [-0.1, -0.05) is 30.3 Å². The van der Waals surface area contributed by atoms with E-state index in [9.17, 15) is 14.4 Å². The first-order valence-electron chi connectivity index (χ1n) is 7.46. The maximum absolute atomic E-state index is 12.5. The molecular formula is C18H18O5. The summed E-state index contributed by atoms with van der Waals surface area (Å²) in [5, 5.41) is 0. The summed E-state index contributed by atoms with van der Waals surface area (Å²) in [6, 6.07) is 11.7. The molecule has 1 heterocycles. The molecule has 0 N–H and O–H groups in total. The fraction of sp³-hybridized carbons (Fsp3) is 0.278. The van der Waals surface area contributed by atoms with Crippen molar-refractivity contribution in [2.75, 3.05) is 6.61 Å². The maximum atomic E-state index is 12.5. The molecule has 1 unspecified atom stereocenters. The van der Waals surface area contributed by atoms with Crippen LogP contribution in [-0.4, -0.2) is 24.1 Å². The molecule has 1 atom stereocenters. The third-order valence-electron chi connectivity index (χ3n) is 3.40. The number of ketones is 2. The minimum atomic E-state index is -0.990. The van der Waals surface area contributed by atoms with Gasteiger partial charge in [0.25, 0.3) is 0 Å². The fourth-order valence-corrected chi connectivity index (χ4v) is 2.24. The first kappa shape index (κ1) is 16.7. The molecule has 23 heavy (non-hydrogen) atoms. The van der Waals surface area contributed by atoms with Crippen molar-refractivity contribution in [1.82, 2.24) is 0 Å². The largest absolute Gasteiger partial charge is 0.465 e. The summed E-state index contributed by atoms with van der Waals surface area (Å²) in [5.41, 5.74) is 0.427. The number of carbonyl (C=O) groups is 3. The van der Waals surface area contributed by atoms with Gasteiger partial charge in [0, 0.05) is 12.0 Å². The molecule has 0 aliphatic heterocycles. The van der Waals surface area contributed by atoms with Crippen LogP contribution in [0.1, 0.15) is 40.7 Å². The third-order valence-corrected chi connectivity index (χ3v) is 3.40. The van der Waals surface area contributed by atoms with Crippen molar-refractivity contribution in [2.45, 2.75) is 19.8 Å². The molecule has 5 nitrogen and oxygen atoms in total. The monoisotopic (exact) mass is 314 g/mol. The highest BCUT2D eigenvalue weighted by Gasteiger charge is 2.29. The summed E-state index contributed by atoms with van der Waals surface area (Å²) >= 11 is 0. The van der Waals surface area contributed by atoms with Crippen molar-refractivity contribution >= 4 is 17.5 Å². The summed E-state index contributed by atoms with van der Waals surface area (Å²) in [6.07, 6.45) is 1.53. The summed E-state index contributed by atoms with van der Waals surface area (Å²) in [7, 11) is 0. The van der Waals surface area contributed by atoms with Gasteiger partial charge in [0.2, 0.25) is 0 Å². The molecule has 1 aromatic heterocycles. The highest BCUT2D eigenvalue weighted by atomic mass is 16.5. The Morgan fingerprint density at radius 2 is 1.83 bits per heavy atom. The molecular weight excluding hydrogens is 296 g/mol. The highest BCUT2D eigenvalue weighted by molar-refractivity contribution is 6.09. The van der Waals surface area contributed by atoms with Crippen molar-refractivity contribution in [3.63, 3.8) is 0 Å². The topological polar surface area (TPSA) is 73.6 Å². The first-order valence-corrected chi connectivity index (χ1v) is 7.46. The Kier molecular flexibility index (Phi) is 5.86. The third kappa shape index (κ3) is 4.39. The van der Waals surface area contributed by atoms with E-state index in [0.29, 0.717) is 5.56 Å². The van der Waals surface area contributed by atoms with Crippen molar-refractivity contribution in [3.05, 3.63) is 60.1 Å². The van der Waals surface area contributed by atoms with Crippen molar-refractivity contribution in [1.29, 1.82) is 0 Å². The van der Waals surface area contributed by atoms with Crippen LogP contribution in [0.5, 0.6) is 0 Å². The van der Waals surface area contributed by atoms with Crippen LogP contribution < -0.4 is 0 Å². The molecule has 0 spiro atoms. The lowest BCUT2D eigenvalue weighted by molar-refractivity contribution is -0.146. The summed E-state index contributed by atoms with van der Waals surface area (Å²) in [5.74, 6) is -1.95. The number of esters is 1. The predicted molar refractivity (Wildman–Crippen MR) is 83.2 cm³/mol. The van der Waals surface area contributed by atoms with Crippen molar-refractivity contribution < 1.29 is 23.5 Å². The average molecular weight is 314 g/mol. The van der Waals surface area contributed by atoms with E-state index in [1.54, 1.807) is 49.4 Å². The van der Waals surface area contributed by atoms with E-state index in [1.807, 2.05) is 0 Å². The van der Waals surface area contributed by atoms with Crippen molar-refractivity contribution in [3.8, 4) is 0 Å². The Bertz CT molecular complexity index is 658. The predicted octanol–water partition coefficient (Wildman–Crippen LogP) is 3.30. The van der Waals surface area contributed by atoms with E-state index in [4.69, 9.17) is 9.15 Å². The molecule has 120 valence electrons. The van der Waals surface area contributed by atoms with Crippen LogP contribution in [0.15, 0.2) is 53.1 Å². The molecule has 0 bridgehead atoms. The Hall–Kier alpha value is -2.69. The maximum Gasteiger partial charge on any atom is 0.316 e. The van der Waals surface area contributed by atoms with Crippen molar-refractivity contribution in [2.24, 2.45) is 5.92 Å². The summed E-state index contributed by atoms with van der Waals surface area (Å²) in [6.45, 7) is 1.86. The molecule has 2 rings (SSSR count). The number of rotatable bonds is 8. The number of ether oxygens (including phenoxy) is 1. The smallest absolute Gasteiger partial charge is 0.316 e. The first-order chi connectivity index (χ1) is 11.1. The quantitative estimate of drug-likeness (QED) is 0.424. The molecule has 0 radical (unpaired) electrons. The highest BCUT2D eigenvalue weighted by Crippen LogP contribution is 2.18. The number of benzene rings is 1. The van der Waals surface area contributed by atoms with Gasteiger partial charge in [0.1, 0.15) is 5.92 Å².